The van der Waals surface area contributed by atoms with Crippen molar-refractivity contribution in [3.63, 3.8) is 0 Å². The van der Waals surface area contributed by atoms with Crippen molar-refractivity contribution in [2.45, 2.75) is 46.3 Å². The van der Waals surface area contributed by atoms with Gasteiger partial charge < -0.3 is 18.6 Å². The van der Waals surface area contributed by atoms with Gasteiger partial charge in [0.05, 0.1) is 0 Å². The highest BCUT2D eigenvalue weighted by atomic mass is 28.4. The molecule has 0 radical (unpaired) electrons. The van der Waals surface area contributed by atoms with Gasteiger partial charge in [0.15, 0.2) is 0 Å². The summed E-state index contributed by atoms with van der Waals surface area (Å²) in [6.07, 6.45) is 3.02. The summed E-state index contributed by atoms with van der Waals surface area (Å²) in [6.45, 7) is 13.0. The van der Waals surface area contributed by atoms with E-state index >= 15 is 0 Å². The Morgan fingerprint density at radius 1 is 1.37 bits per heavy atom. The van der Waals surface area contributed by atoms with Crippen molar-refractivity contribution >= 4 is 14.7 Å². The molecule has 0 bridgehead atoms. The van der Waals surface area contributed by atoms with E-state index in [9.17, 15) is 4.79 Å². The third kappa shape index (κ3) is 8.93. The first-order chi connectivity index (χ1) is 8.97. The van der Waals surface area contributed by atoms with Crippen molar-refractivity contribution in [3.05, 3.63) is 12.7 Å². The molecule has 19 heavy (non-hydrogen) atoms. The number of carbonyl (C=O) groups is 1. The van der Waals surface area contributed by atoms with Crippen LogP contribution < -0.4 is 5.32 Å². The van der Waals surface area contributed by atoms with Crippen molar-refractivity contribution in [3.8, 4) is 0 Å². The zero-order valence-electron chi connectivity index (χ0n) is 12.5. The minimum atomic E-state index is -2.50. The summed E-state index contributed by atoms with van der Waals surface area (Å²) in [4.78, 5) is 11.0. The van der Waals surface area contributed by atoms with Gasteiger partial charge in [-0.3, -0.25) is 4.79 Å². The monoisotopic (exact) mass is 289 g/mol. The fraction of sp³-hybridized carbons (Fsp3) is 0.769. The molecule has 0 heterocycles. The van der Waals surface area contributed by atoms with Crippen LogP contribution in [0.1, 0.15) is 33.6 Å². The summed E-state index contributed by atoms with van der Waals surface area (Å²) >= 11 is 0. The van der Waals surface area contributed by atoms with E-state index in [4.69, 9.17) is 13.3 Å². The first-order valence-electron chi connectivity index (χ1n) is 6.83. The maximum Gasteiger partial charge on any atom is 0.497 e. The lowest BCUT2D eigenvalue weighted by atomic mass is 10.2. The van der Waals surface area contributed by atoms with Crippen LogP contribution in [0.15, 0.2) is 12.7 Å². The van der Waals surface area contributed by atoms with Gasteiger partial charge in [-0.05, 0) is 39.7 Å². The second kappa shape index (κ2) is 10.1. The van der Waals surface area contributed by atoms with E-state index in [0.717, 1.165) is 12.8 Å². The molecule has 1 N–H and O–H groups in total. The molecule has 0 fully saturated rings. The van der Waals surface area contributed by atoms with E-state index in [2.05, 4.69) is 11.9 Å². The maximum atomic E-state index is 11.0. The van der Waals surface area contributed by atoms with Gasteiger partial charge in [0, 0.05) is 32.4 Å². The molecule has 112 valence electrons. The number of rotatable bonds is 11. The molecule has 5 nitrogen and oxygen atoms in total. The van der Waals surface area contributed by atoms with Gasteiger partial charge in [-0.1, -0.05) is 6.58 Å². The summed E-state index contributed by atoms with van der Waals surface area (Å²) in [7, 11) is -2.50. The Hall–Kier alpha value is -0.693. The highest BCUT2D eigenvalue weighted by Crippen LogP contribution is 2.14. The van der Waals surface area contributed by atoms with Gasteiger partial charge in [0.25, 0.3) is 0 Å². The smallest absolute Gasteiger partial charge is 0.374 e. The minimum Gasteiger partial charge on any atom is -0.374 e. The van der Waals surface area contributed by atoms with Crippen molar-refractivity contribution < 1.29 is 18.1 Å². The van der Waals surface area contributed by atoms with Gasteiger partial charge in [0.1, 0.15) is 0 Å². The molecule has 1 atom stereocenters. The Morgan fingerprint density at radius 3 is 2.42 bits per heavy atom. The quantitative estimate of drug-likeness (QED) is 0.359. The van der Waals surface area contributed by atoms with Crippen LogP contribution in [0.3, 0.4) is 0 Å². The average Bonchev–Trinajstić information content (AvgIpc) is 2.34. The highest BCUT2D eigenvalue weighted by Gasteiger charge is 2.35. The van der Waals surface area contributed by atoms with Crippen LogP contribution in [0.5, 0.6) is 0 Å². The standard InChI is InChI=1S/C13H27NO4Si/c1-6-13(15)14-11-9-10-12(4)18-19(5,16-7-2)17-8-3/h6,12H,1,7-11H2,2-5H3,(H,14,15). The van der Waals surface area contributed by atoms with E-state index in [1.807, 2.05) is 27.3 Å². The van der Waals surface area contributed by atoms with Gasteiger partial charge >= 0.3 is 8.80 Å². The molecular formula is C13H27NO4Si. The predicted octanol–water partition coefficient (Wildman–Crippen LogP) is 2.12. The molecule has 6 heteroatoms. The molecule has 0 aliphatic rings. The lowest BCUT2D eigenvalue weighted by Crippen LogP contribution is -2.45. The molecular weight excluding hydrogens is 262 g/mol. The van der Waals surface area contributed by atoms with Gasteiger partial charge in [-0.2, -0.15) is 0 Å². The van der Waals surface area contributed by atoms with Crippen molar-refractivity contribution in [2.75, 3.05) is 19.8 Å². The minimum absolute atomic E-state index is 0.0513. The topological polar surface area (TPSA) is 56.8 Å². The number of hydrogen-bond donors (Lipinski definition) is 1. The van der Waals surface area contributed by atoms with Crippen molar-refractivity contribution in [1.29, 1.82) is 0 Å². The van der Waals surface area contributed by atoms with E-state index in [1.54, 1.807) is 0 Å². The Labute approximate surface area is 117 Å². The van der Waals surface area contributed by atoms with E-state index in [1.165, 1.54) is 6.08 Å². The Bertz CT molecular complexity index is 267. The third-order valence-corrected chi connectivity index (χ3v) is 4.96. The molecule has 0 aliphatic heterocycles. The summed E-state index contributed by atoms with van der Waals surface area (Å²) < 4.78 is 17.1. The summed E-state index contributed by atoms with van der Waals surface area (Å²) in [5.41, 5.74) is 0. The number of amides is 1. The second-order valence-electron chi connectivity index (χ2n) is 4.29. The van der Waals surface area contributed by atoms with Crippen molar-refractivity contribution in [1.82, 2.24) is 5.32 Å². The first kappa shape index (κ1) is 18.3. The molecule has 1 amide bonds. The Kier molecular flexibility index (Phi) is 9.77. The van der Waals surface area contributed by atoms with E-state index < -0.39 is 8.80 Å². The third-order valence-electron chi connectivity index (χ3n) is 2.50. The van der Waals surface area contributed by atoms with Gasteiger partial charge in [0.2, 0.25) is 5.91 Å². The molecule has 1 unspecified atom stereocenters. The fourth-order valence-corrected chi connectivity index (χ4v) is 3.85. The molecule has 0 aromatic heterocycles. The molecule has 0 aromatic carbocycles. The lowest BCUT2D eigenvalue weighted by Gasteiger charge is -2.28. The van der Waals surface area contributed by atoms with Crippen LogP contribution in [0.2, 0.25) is 6.55 Å². The zero-order chi connectivity index (χ0) is 14.7. The lowest BCUT2D eigenvalue weighted by molar-refractivity contribution is -0.116. The van der Waals surface area contributed by atoms with Gasteiger partial charge in [-0.25, -0.2) is 0 Å². The van der Waals surface area contributed by atoms with Crippen molar-refractivity contribution in [2.24, 2.45) is 0 Å². The van der Waals surface area contributed by atoms with Gasteiger partial charge in [-0.15, -0.1) is 0 Å². The Morgan fingerprint density at radius 2 is 1.95 bits per heavy atom. The zero-order valence-corrected chi connectivity index (χ0v) is 13.5. The molecule has 0 aromatic rings. The number of nitrogens with one attached hydrogen (secondary N) is 1. The number of hydrogen-bond acceptors (Lipinski definition) is 4. The van der Waals surface area contributed by atoms with Crippen LogP contribution >= 0.6 is 0 Å². The predicted molar refractivity (Wildman–Crippen MR) is 77.9 cm³/mol. The van der Waals surface area contributed by atoms with Crippen LogP contribution in [0.4, 0.5) is 0 Å². The average molecular weight is 289 g/mol. The van der Waals surface area contributed by atoms with Crippen LogP contribution in [0.25, 0.3) is 0 Å². The summed E-state index contributed by atoms with van der Waals surface area (Å²) in [5, 5.41) is 2.74. The fourth-order valence-electron chi connectivity index (χ4n) is 1.73. The summed E-state index contributed by atoms with van der Waals surface area (Å²) in [6, 6.07) is 0. The van der Waals surface area contributed by atoms with Crippen LogP contribution in [0, 0.1) is 0 Å². The highest BCUT2D eigenvalue weighted by molar-refractivity contribution is 6.59. The van der Waals surface area contributed by atoms with Crippen LogP contribution in [-0.2, 0) is 18.1 Å². The molecule has 0 saturated heterocycles. The van der Waals surface area contributed by atoms with Crippen LogP contribution in [-0.4, -0.2) is 40.6 Å². The number of carbonyl (C=O) groups excluding carboxylic acids is 1. The molecule has 0 rings (SSSR count). The second-order valence-corrected chi connectivity index (χ2v) is 6.83. The first-order valence-corrected chi connectivity index (χ1v) is 9.05. The van der Waals surface area contributed by atoms with E-state index in [-0.39, 0.29) is 12.0 Å². The normalized spacial score (nSPS) is 13.1. The Balaban J connectivity index is 3.95. The molecule has 0 aliphatic carbocycles. The maximum absolute atomic E-state index is 11.0. The SMILES string of the molecule is C=CC(=O)NCCCC(C)O[Si](C)(OCC)OCC. The molecule has 0 spiro atoms. The van der Waals surface area contributed by atoms with E-state index in [0.29, 0.717) is 19.8 Å². The molecule has 0 saturated carbocycles. The summed E-state index contributed by atoms with van der Waals surface area (Å²) in [5.74, 6) is -0.142. The largest absolute Gasteiger partial charge is 0.497 e.